The summed E-state index contributed by atoms with van der Waals surface area (Å²) in [5, 5.41) is 21.1. The molecule has 0 aliphatic heterocycles. The highest BCUT2D eigenvalue weighted by molar-refractivity contribution is 5.99. The van der Waals surface area contributed by atoms with Gasteiger partial charge in [-0.05, 0) is 83.7 Å². The SMILES string of the molecule is C=C(C(=O)[C@H](O)C1[C@@H](OC(C)=O)C[C@@]2(C)[C@@H]3CC[C@H]4C(C)C(=O)C=CC45CC35CC[C@]12C)[C@@H](C)CO. The summed E-state index contributed by atoms with van der Waals surface area (Å²) in [7, 11) is 0. The smallest absolute Gasteiger partial charge is 0.302 e. The van der Waals surface area contributed by atoms with Crippen LogP contribution in [0.2, 0.25) is 0 Å². The van der Waals surface area contributed by atoms with Crippen molar-refractivity contribution >= 4 is 17.5 Å². The van der Waals surface area contributed by atoms with Crippen LogP contribution in [0.15, 0.2) is 24.3 Å². The Morgan fingerprint density at radius 2 is 1.92 bits per heavy atom. The number of esters is 1. The minimum absolute atomic E-state index is 0.0560. The third-order valence-electron chi connectivity index (χ3n) is 12.1. The maximum absolute atomic E-state index is 13.3. The van der Waals surface area contributed by atoms with Crippen LogP contribution in [-0.4, -0.2) is 46.6 Å². The average Bonchev–Trinajstić information content (AvgIpc) is 3.44. The fourth-order valence-electron chi connectivity index (χ4n) is 9.99. The van der Waals surface area contributed by atoms with Gasteiger partial charge in [-0.1, -0.05) is 40.3 Å². The summed E-state index contributed by atoms with van der Waals surface area (Å²) in [6.45, 7) is 13.3. The molecule has 4 saturated carbocycles. The number of fused-ring (bicyclic) bond motifs is 2. The van der Waals surface area contributed by atoms with Crippen LogP contribution in [-0.2, 0) is 19.1 Å². The Balaban J connectivity index is 1.53. The van der Waals surface area contributed by atoms with Gasteiger partial charge in [0.25, 0.3) is 0 Å². The quantitative estimate of drug-likeness (QED) is 0.424. The second kappa shape index (κ2) is 8.10. The molecule has 5 rings (SSSR count). The Morgan fingerprint density at radius 1 is 1.22 bits per heavy atom. The summed E-state index contributed by atoms with van der Waals surface area (Å²) in [6, 6.07) is 0. The van der Waals surface area contributed by atoms with Crippen molar-refractivity contribution < 1.29 is 29.3 Å². The fraction of sp³-hybridized carbons (Fsp3) is 0.767. The van der Waals surface area contributed by atoms with Crippen molar-refractivity contribution in [2.45, 2.75) is 85.4 Å². The molecular weight excluding hydrogens is 456 g/mol. The zero-order valence-corrected chi connectivity index (χ0v) is 22.4. The van der Waals surface area contributed by atoms with Crippen molar-refractivity contribution in [2.75, 3.05) is 6.61 Å². The Morgan fingerprint density at radius 3 is 2.56 bits per heavy atom. The van der Waals surface area contributed by atoms with Gasteiger partial charge in [-0.2, -0.15) is 0 Å². The van der Waals surface area contributed by atoms with Gasteiger partial charge in [-0.3, -0.25) is 14.4 Å². The van der Waals surface area contributed by atoms with Gasteiger partial charge in [-0.15, -0.1) is 0 Å². The number of carbonyl (C=O) groups excluding carboxylic acids is 3. The van der Waals surface area contributed by atoms with Gasteiger partial charge in [0.1, 0.15) is 12.2 Å². The summed E-state index contributed by atoms with van der Waals surface area (Å²) in [6.07, 6.45) is 7.72. The zero-order chi connectivity index (χ0) is 26.4. The molecule has 36 heavy (non-hydrogen) atoms. The van der Waals surface area contributed by atoms with Crippen LogP contribution in [0.4, 0.5) is 0 Å². The highest BCUT2D eigenvalue weighted by Crippen LogP contribution is 2.87. The van der Waals surface area contributed by atoms with Gasteiger partial charge in [0, 0.05) is 31.3 Å². The van der Waals surface area contributed by atoms with Crippen LogP contribution in [0, 0.1) is 51.2 Å². The first-order valence-electron chi connectivity index (χ1n) is 13.7. The van der Waals surface area contributed by atoms with Crippen LogP contribution in [0.1, 0.15) is 73.1 Å². The van der Waals surface area contributed by atoms with E-state index in [2.05, 4.69) is 33.4 Å². The van der Waals surface area contributed by atoms with E-state index in [-0.39, 0.29) is 40.1 Å². The van der Waals surface area contributed by atoms with E-state index in [1.165, 1.54) is 6.92 Å². The summed E-state index contributed by atoms with van der Waals surface area (Å²) in [4.78, 5) is 38.0. The normalized spacial score (nSPS) is 48.1. The summed E-state index contributed by atoms with van der Waals surface area (Å²) >= 11 is 0. The maximum atomic E-state index is 13.3. The molecule has 0 amide bonds. The van der Waals surface area contributed by atoms with Gasteiger partial charge in [-0.25, -0.2) is 0 Å². The molecule has 5 aliphatic carbocycles. The molecule has 5 aliphatic rings. The molecule has 11 atom stereocenters. The molecular formula is C30H42O6. The average molecular weight is 499 g/mol. The number of hydrogen-bond donors (Lipinski definition) is 2. The van der Waals surface area contributed by atoms with E-state index < -0.39 is 41.2 Å². The molecule has 0 aromatic carbocycles. The van der Waals surface area contributed by atoms with E-state index in [0.29, 0.717) is 18.3 Å². The van der Waals surface area contributed by atoms with Gasteiger partial charge in [0.2, 0.25) is 0 Å². The van der Waals surface area contributed by atoms with Crippen LogP contribution < -0.4 is 0 Å². The first-order chi connectivity index (χ1) is 16.8. The number of Topliss-reactive ketones (excluding diaryl/α,β-unsaturated/α-hetero) is 1. The fourth-order valence-corrected chi connectivity index (χ4v) is 9.99. The second-order valence-electron chi connectivity index (χ2n) is 13.3. The molecule has 0 radical (unpaired) electrons. The molecule has 198 valence electrons. The maximum Gasteiger partial charge on any atom is 0.302 e. The lowest BCUT2D eigenvalue weighted by Gasteiger charge is -2.60. The van der Waals surface area contributed by atoms with E-state index in [1.54, 1.807) is 6.92 Å². The van der Waals surface area contributed by atoms with E-state index in [0.717, 1.165) is 32.1 Å². The number of carbonyl (C=O) groups is 3. The first-order valence-corrected chi connectivity index (χ1v) is 13.7. The largest absolute Gasteiger partial charge is 0.462 e. The van der Waals surface area contributed by atoms with Crippen LogP contribution in [0.5, 0.6) is 0 Å². The van der Waals surface area contributed by atoms with Crippen molar-refractivity contribution in [2.24, 2.45) is 51.2 Å². The predicted octanol–water partition coefficient (Wildman–Crippen LogP) is 4.04. The molecule has 4 unspecified atom stereocenters. The van der Waals surface area contributed by atoms with Gasteiger partial charge >= 0.3 is 5.97 Å². The topological polar surface area (TPSA) is 101 Å². The molecule has 0 aromatic heterocycles. The van der Waals surface area contributed by atoms with E-state index in [1.807, 2.05) is 6.08 Å². The van der Waals surface area contributed by atoms with Gasteiger partial charge in [0.05, 0.1) is 0 Å². The van der Waals surface area contributed by atoms with Crippen molar-refractivity contribution in [1.29, 1.82) is 0 Å². The molecule has 2 N–H and O–H groups in total. The van der Waals surface area contributed by atoms with E-state index in [9.17, 15) is 24.6 Å². The summed E-state index contributed by atoms with van der Waals surface area (Å²) in [5.74, 6) is -0.785. The minimum Gasteiger partial charge on any atom is -0.462 e. The van der Waals surface area contributed by atoms with Crippen molar-refractivity contribution in [1.82, 2.24) is 0 Å². The highest BCUT2D eigenvalue weighted by Gasteiger charge is 2.82. The molecule has 6 heteroatoms. The van der Waals surface area contributed by atoms with Crippen LogP contribution in [0.25, 0.3) is 0 Å². The van der Waals surface area contributed by atoms with Crippen molar-refractivity contribution in [3.05, 3.63) is 24.3 Å². The third-order valence-corrected chi connectivity index (χ3v) is 12.1. The van der Waals surface area contributed by atoms with E-state index in [4.69, 9.17) is 4.74 Å². The molecule has 0 aromatic rings. The standard InChI is InChI=1S/C30H42O6/c1-16(14-31)17(2)25(34)26(35)24-22(36-19(4)32)13-28(6)23-8-7-20-18(3)21(33)9-10-29(20)15-30(23,29)12-11-27(24,28)5/h9-10,16,18,20,22-24,26,31,35H,2,7-8,11-15H2,1,3-6H3/t16-,18?,20-,22-,23-,24?,26+,27+,28-,29?,30?/m0/s1. The van der Waals surface area contributed by atoms with Gasteiger partial charge in [0.15, 0.2) is 11.6 Å². The zero-order valence-electron chi connectivity index (χ0n) is 22.4. The Kier molecular flexibility index (Phi) is 5.82. The predicted molar refractivity (Wildman–Crippen MR) is 135 cm³/mol. The van der Waals surface area contributed by atoms with Crippen LogP contribution in [0.3, 0.4) is 0 Å². The number of allylic oxidation sites excluding steroid dienone is 2. The van der Waals surface area contributed by atoms with Gasteiger partial charge < -0.3 is 14.9 Å². The van der Waals surface area contributed by atoms with Crippen molar-refractivity contribution in [3.8, 4) is 0 Å². The third kappa shape index (κ3) is 3.06. The number of rotatable bonds is 6. The lowest BCUT2D eigenvalue weighted by Crippen LogP contribution is -2.56. The van der Waals surface area contributed by atoms with Crippen LogP contribution >= 0.6 is 0 Å². The highest BCUT2D eigenvalue weighted by atomic mass is 16.5. The molecule has 0 heterocycles. The first kappa shape index (κ1) is 25.8. The summed E-state index contributed by atoms with van der Waals surface area (Å²) in [5.41, 5.74) is -0.216. The Bertz CT molecular complexity index is 1050. The minimum atomic E-state index is -1.34. The molecule has 0 bridgehead atoms. The molecule has 6 nitrogen and oxygen atoms in total. The monoisotopic (exact) mass is 498 g/mol. The number of aliphatic hydroxyl groups is 2. The lowest BCUT2D eigenvalue weighted by atomic mass is 9.43. The number of hydrogen-bond acceptors (Lipinski definition) is 6. The number of ether oxygens (including phenoxy) is 1. The van der Waals surface area contributed by atoms with Crippen molar-refractivity contribution in [3.63, 3.8) is 0 Å². The lowest BCUT2D eigenvalue weighted by molar-refractivity contribution is -0.158. The molecule has 2 spiro atoms. The molecule has 0 saturated heterocycles. The summed E-state index contributed by atoms with van der Waals surface area (Å²) < 4.78 is 5.86. The Hall–Kier alpha value is -1.79. The molecule has 4 fully saturated rings. The Labute approximate surface area is 214 Å². The number of aliphatic hydroxyl groups excluding tert-OH is 2. The number of ketones is 2. The second-order valence-corrected chi connectivity index (χ2v) is 13.3. The van der Waals surface area contributed by atoms with E-state index >= 15 is 0 Å².